The number of oxime groups is 1. The van der Waals surface area contributed by atoms with Gasteiger partial charge in [-0.1, -0.05) is 17.3 Å². The minimum Gasteiger partial charge on any atom is -0.477 e. The van der Waals surface area contributed by atoms with Gasteiger partial charge in [0, 0.05) is 0 Å². The quantitative estimate of drug-likeness (QED) is 0.686. The Labute approximate surface area is 97.6 Å². The number of hydrogen-bond acceptors (Lipinski definition) is 4. The topological polar surface area (TPSA) is 48.6 Å². The van der Waals surface area contributed by atoms with Gasteiger partial charge in [-0.15, -0.1) is 0 Å². The third-order valence-electron chi connectivity index (χ3n) is 3.26. The van der Waals surface area contributed by atoms with E-state index in [4.69, 9.17) is 9.57 Å². The van der Waals surface area contributed by atoms with Gasteiger partial charge in [0.2, 0.25) is 5.88 Å². The zero-order valence-electron chi connectivity index (χ0n) is 9.17. The average Bonchev–Trinajstić information content (AvgIpc) is 2.89. The van der Waals surface area contributed by atoms with E-state index in [1.165, 1.54) is 0 Å². The molecule has 0 radical (unpaired) electrons. The largest absolute Gasteiger partial charge is 0.477 e. The monoisotopic (exact) mass is 229 g/mol. The summed E-state index contributed by atoms with van der Waals surface area (Å²) in [7, 11) is 0. The summed E-state index contributed by atoms with van der Waals surface area (Å²) < 4.78 is 7.73. The second-order valence-corrected chi connectivity index (χ2v) is 4.37. The molecule has 4 rings (SSSR count). The molecule has 0 bridgehead atoms. The molecule has 0 aliphatic carbocycles. The first-order valence-electron chi connectivity index (χ1n) is 5.69. The van der Waals surface area contributed by atoms with Gasteiger partial charge in [0.05, 0.1) is 29.1 Å². The van der Waals surface area contributed by atoms with Crippen LogP contribution in [0.5, 0.6) is 5.88 Å². The maximum atomic E-state index is 5.86. The lowest BCUT2D eigenvalue weighted by molar-refractivity contribution is 0.135. The first-order chi connectivity index (χ1) is 8.42. The van der Waals surface area contributed by atoms with Crippen LogP contribution in [0.1, 0.15) is 0 Å². The van der Waals surface area contributed by atoms with Crippen LogP contribution in [0.15, 0.2) is 29.4 Å². The molecule has 5 nitrogen and oxygen atoms in total. The molecule has 2 aliphatic rings. The Balaban J connectivity index is 1.89. The summed E-state index contributed by atoms with van der Waals surface area (Å²) in [5.74, 6) is 1.12. The number of benzene rings is 1. The smallest absolute Gasteiger partial charge is 0.220 e. The van der Waals surface area contributed by atoms with Crippen LogP contribution in [-0.4, -0.2) is 28.7 Å². The molecule has 0 saturated carbocycles. The van der Waals surface area contributed by atoms with Crippen LogP contribution in [0.4, 0.5) is 0 Å². The number of hydrogen-bond donors (Lipinski definition) is 0. The molecule has 0 saturated heterocycles. The standard InChI is InChI=1S/C12H11N3O2/c1-2-4-10-9(3-1)12-15(13-10)5-11-8(6-16-12)7-17-14-11/h1-4,8H,5-7H2. The van der Waals surface area contributed by atoms with E-state index in [0.29, 0.717) is 19.8 Å². The molecule has 2 aliphatic heterocycles. The van der Waals surface area contributed by atoms with Crippen molar-refractivity contribution < 1.29 is 9.57 Å². The number of nitrogens with zero attached hydrogens (tertiary/aromatic N) is 3. The molecule has 5 heteroatoms. The molecule has 1 atom stereocenters. The Hall–Kier alpha value is -2.04. The normalized spacial score (nSPS) is 22.1. The summed E-state index contributed by atoms with van der Waals surface area (Å²) in [6, 6.07) is 8.01. The summed E-state index contributed by atoms with van der Waals surface area (Å²) >= 11 is 0. The van der Waals surface area contributed by atoms with Crippen molar-refractivity contribution in [3.63, 3.8) is 0 Å². The van der Waals surface area contributed by atoms with Crippen LogP contribution in [0.3, 0.4) is 0 Å². The summed E-state index contributed by atoms with van der Waals surface area (Å²) in [6.45, 7) is 1.90. The zero-order valence-corrected chi connectivity index (χ0v) is 9.17. The van der Waals surface area contributed by atoms with Crippen molar-refractivity contribution >= 4 is 16.6 Å². The van der Waals surface area contributed by atoms with E-state index in [1.807, 2.05) is 28.9 Å². The molecule has 0 fully saturated rings. The zero-order chi connectivity index (χ0) is 11.2. The number of fused-ring (bicyclic) bond motifs is 4. The summed E-state index contributed by atoms with van der Waals surface area (Å²) in [6.07, 6.45) is 0. The van der Waals surface area contributed by atoms with Crippen molar-refractivity contribution in [2.45, 2.75) is 6.54 Å². The molecule has 3 heterocycles. The van der Waals surface area contributed by atoms with E-state index in [2.05, 4.69) is 10.3 Å². The summed E-state index contributed by atoms with van der Waals surface area (Å²) in [5.41, 5.74) is 1.98. The van der Waals surface area contributed by atoms with E-state index >= 15 is 0 Å². The maximum absolute atomic E-state index is 5.86. The second kappa shape index (κ2) is 3.23. The van der Waals surface area contributed by atoms with Crippen molar-refractivity contribution in [2.75, 3.05) is 13.2 Å². The minimum atomic E-state index is 0.274. The van der Waals surface area contributed by atoms with Crippen molar-refractivity contribution in [3.05, 3.63) is 24.3 Å². The fourth-order valence-corrected chi connectivity index (χ4v) is 2.33. The highest BCUT2D eigenvalue weighted by atomic mass is 16.6. The number of ether oxygens (including phenoxy) is 1. The van der Waals surface area contributed by atoms with Gasteiger partial charge < -0.3 is 9.57 Å². The van der Waals surface area contributed by atoms with Crippen LogP contribution >= 0.6 is 0 Å². The molecular weight excluding hydrogens is 218 g/mol. The Morgan fingerprint density at radius 3 is 3.18 bits per heavy atom. The predicted octanol–water partition coefficient (Wildman–Crippen LogP) is 1.43. The first-order valence-corrected chi connectivity index (χ1v) is 5.69. The Morgan fingerprint density at radius 2 is 2.18 bits per heavy atom. The number of aromatic nitrogens is 2. The van der Waals surface area contributed by atoms with Gasteiger partial charge in [-0.3, -0.25) is 0 Å². The van der Waals surface area contributed by atoms with E-state index < -0.39 is 0 Å². The van der Waals surface area contributed by atoms with Crippen LogP contribution < -0.4 is 4.74 Å². The average molecular weight is 229 g/mol. The molecule has 2 aromatic rings. The summed E-state index contributed by atoms with van der Waals surface area (Å²) in [5, 5.41) is 9.66. The molecule has 1 aromatic heterocycles. The predicted molar refractivity (Wildman–Crippen MR) is 62.1 cm³/mol. The van der Waals surface area contributed by atoms with E-state index in [1.54, 1.807) is 0 Å². The first kappa shape index (κ1) is 9.04. The van der Waals surface area contributed by atoms with Gasteiger partial charge in [0.1, 0.15) is 13.2 Å². The molecule has 0 N–H and O–H groups in total. The fraction of sp³-hybridized carbons (Fsp3) is 0.333. The van der Waals surface area contributed by atoms with Crippen molar-refractivity contribution in [3.8, 4) is 5.88 Å². The van der Waals surface area contributed by atoms with Crippen LogP contribution in [-0.2, 0) is 11.4 Å². The maximum Gasteiger partial charge on any atom is 0.220 e. The molecular formula is C12H11N3O2. The molecule has 0 spiro atoms. The van der Waals surface area contributed by atoms with Crippen molar-refractivity contribution in [1.82, 2.24) is 9.78 Å². The third kappa shape index (κ3) is 1.25. The van der Waals surface area contributed by atoms with Gasteiger partial charge in [-0.05, 0) is 12.1 Å². The highest BCUT2D eigenvalue weighted by Gasteiger charge is 2.29. The van der Waals surface area contributed by atoms with Crippen LogP contribution in [0.25, 0.3) is 10.9 Å². The lowest BCUT2D eigenvalue weighted by Gasteiger charge is -2.05. The van der Waals surface area contributed by atoms with Gasteiger partial charge in [0.15, 0.2) is 0 Å². The Bertz CT molecular complexity index is 617. The van der Waals surface area contributed by atoms with Crippen LogP contribution in [0.2, 0.25) is 0 Å². The van der Waals surface area contributed by atoms with Gasteiger partial charge in [0.25, 0.3) is 0 Å². The molecule has 1 unspecified atom stereocenters. The SMILES string of the molecule is c1ccc2c3n(nc2c1)CC1=NOCC1CO3. The minimum absolute atomic E-state index is 0.274. The highest BCUT2D eigenvalue weighted by molar-refractivity contribution is 5.90. The van der Waals surface area contributed by atoms with Gasteiger partial charge >= 0.3 is 0 Å². The lowest BCUT2D eigenvalue weighted by Crippen LogP contribution is -2.20. The fourth-order valence-electron chi connectivity index (χ4n) is 2.33. The third-order valence-corrected chi connectivity index (χ3v) is 3.26. The summed E-state index contributed by atoms with van der Waals surface area (Å²) in [4.78, 5) is 5.10. The highest BCUT2D eigenvalue weighted by Crippen LogP contribution is 2.29. The Kier molecular flexibility index (Phi) is 1.72. The molecule has 17 heavy (non-hydrogen) atoms. The van der Waals surface area contributed by atoms with Gasteiger partial charge in [-0.2, -0.15) is 5.10 Å². The van der Waals surface area contributed by atoms with Crippen molar-refractivity contribution in [2.24, 2.45) is 11.1 Å². The lowest BCUT2D eigenvalue weighted by atomic mass is 10.1. The van der Waals surface area contributed by atoms with Crippen molar-refractivity contribution in [1.29, 1.82) is 0 Å². The van der Waals surface area contributed by atoms with Crippen LogP contribution in [0, 0.1) is 5.92 Å². The van der Waals surface area contributed by atoms with E-state index in [0.717, 1.165) is 22.5 Å². The second-order valence-electron chi connectivity index (χ2n) is 4.37. The Morgan fingerprint density at radius 1 is 1.24 bits per heavy atom. The molecule has 86 valence electrons. The van der Waals surface area contributed by atoms with E-state index in [-0.39, 0.29) is 5.92 Å². The molecule has 0 amide bonds. The number of rotatable bonds is 0. The van der Waals surface area contributed by atoms with Gasteiger partial charge in [-0.25, -0.2) is 4.68 Å². The molecule has 1 aromatic carbocycles. The van der Waals surface area contributed by atoms with E-state index in [9.17, 15) is 0 Å².